The molecular formula is C19H21Cl2FN4O2S. The van der Waals surface area contributed by atoms with Gasteiger partial charge in [0.15, 0.2) is 5.15 Å². The van der Waals surface area contributed by atoms with Gasteiger partial charge in [0.05, 0.1) is 16.1 Å². The van der Waals surface area contributed by atoms with Crippen molar-refractivity contribution >= 4 is 45.7 Å². The highest BCUT2D eigenvalue weighted by molar-refractivity contribution is 7.10. The molecule has 0 saturated heterocycles. The van der Waals surface area contributed by atoms with Crippen molar-refractivity contribution in [3.63, 3.8) is 0 Å². The zero-order chi connectivity index (χ0) is 21.0. The zero-order valence-corrected chi connectivity index (χ0v) is 18.0. The highest BCUT2D eigenvalue weighted by atomic mass is 35.5. The third-order valence-electron chi connectivity index (χ3n) is 5.23. The number of aliphatic hydroxyl groups is 2. The summed E-state index contributed by atoms with van der Waals surface area (Å²) >= 11 is 13.9. The number of halogens is 3. The van der Waals surface area contributed by atoms with Crippen molar-refractivity contribution in [3.05, 3.63) is 49.9 Å². The number of rotatable bonds is 7. The number of nitrogens with zero attached hydrogens (tertiary/aromatic N) is 2. The van der Waals surface area contributed by atoms with E-state index in [4.69, 9.17) is 28.9 Å². The molecule has 0 amide bonds. The van der Waals surface area contributed by atoms with Crippen molar-refractivity contribution in [2.75, 3.05) is 5.32 Å². The van der Waals surface area contributed by atoms with E-state index in [1.165, 1.54) is 21.9 Å². The first-order chi connectivity index (χ1) is 13.6. The van der Waals surface area contributed by atoms with Gasteiger partial charge in [-0.1, -0.05) is 29.3 Å². The Morgan fingerprint density at radius 2 is 2.17 bits per heavy atom. The van der Waals surface area contributed by atoms with Crippen LogP contribution >= 0.6 is 34.5 Å². The number of aryl methyl sites for hydroxylation is 1. The summed E-state index contributed by atoms with van der Waals surface area (Å²) in [5, 5.41) is 30.2. The lowest BCUT2D eigenvalue weighted by Crippen LogP contribution is -2.34. The van der Waals surface area contributed by atoms with Crippen molar-refractivity contribution in [2.45, 2.75) is 50.2 Å². The second-order valence-electron chi connectivity index (χ2n) is 7.63. The molecular weight excluding hydrogens is 438 g/mol. The SMILES string of the molecule is Cc1c(CC(N)CC2(F)CC2)c(Cl)n2nc(Cl)cc(NC(O)(O)c3cccs3)c12. The lowest BCUT2D eigenvalue weighted by atomic mass is 10.00. The maximum atomic E-state index is 14.1. The highest BCUT2D eigenvalue weighted by Crippen LogP contribution is 2.44. The van der Waals surface area contributed by atoms with E-state index in [-0.39, 0.29) is 17.6 Å². The summed E-state index contributed by atoms with van der Waals surface area (Å²) in [6.45, 7) is 1.84. The number of fused-ring (bicyclic) bond motifs is 1. The summed E-state index contributed by atoms with van der Waals surface area (Å²) in [5.74, 6) is -2.30. The molecule has 6 nitrogen and oxygen atoms in total. The molecule has 0 aliphatic heterocycles. The van der Waals surface area contributed by atoms with Crippen LogP contribution in [0.2, 0.25) is 10.3 Å². The average molecular weight is 459 g/mol. The third kappa shape index (κ3) is 4.10. The largest absolute Gasteiger partial charge is 0.344 e. The smallest absolute Gasteiger partial charge is 0.282 e. The molecule has 29 heavy (non-hydrogen) atoms. The molecule has 1 saturated carbocycles. The van der Waals surface area contributed by atoms with Crippen molar-refractivity contribution in [1.29, 1.82) is 0 Å². The fourth-order valence-corrected chi connectivity index (χ4v) is 4.81. The van der Waals surface area contributed by atoms with Gasteiger partial charge in [0, 0.05) is 12.1 Å². The Bertz CT molecular complexity index is 1050. The van der Waals surface area contributed by atoms with Crippen molar-refractivity contribution in [1.82, 2.24) is 9.61 Å². The van der Waals surface area contributed by atoms with Crippen LogP contribution in [0.1, 0.15) is 35.3 Å². The van der Waals surface area contributed by atoms with E-state index in [0.29, 0.717) is 40.5 Å². The molecule has 3 heterocycles. The predicted octanol–water partition coefficient (Wildman–Crippen LogP) is 3.98. The van der Waals surface area contributed by atoms with E-state index in [1.54, 1.807) is 17.5 Å². The summed E-state index contributed by atoms with van der Waals surface area (Å²) in [6.07, 6.45) is 1.76. The van der Waals surface area contributed by atoms with Gasteiger partial charge >= 0.3 is 0 Å². The van der Waals surface area contributed by atoms with E-state index in [0.717, 1.165) is 11.1 Å². The van der Waals surface area contributed by atoms with Crippen LogP contribution in [-0.2, 0) is 12.3 Å². The summed E-state index contributed by atoms with van der Waals surface area (Å²) < 4.78 is 15.5. The molecule has 1 atom stereocenters. The van der Waals surface area contributed by atoms with Gasteiger partial charge in [0.2, 0.25) is 0 Å². The number of hydrogen-bond donors (Lipinski definition) is 4. The van der Waals surface area contributed by atoms with Gasteiger partial charge in [0.1, 0.15) is 10.8 Å². The number of nitrogens with two attached hydrogens (primary N) is 1. The van der Waals surface area contributed by atoms with Gasteiger partial charge < -0.3 is 21.3 Å². The first kappa shape index (κ1) is 20.8. The minimum Gasteiger partial charge on any atom is -0.344 e. The van der Waals surface area contributed by atoms with Crippen molar-refractivity contribution in [2.24, 2.45) is 5.73 Å². The zero-order valence-electron chi connectivity index (χ0n) is 15.6. The number of anilines is 1. The predicted molar refractivity (Wildman–Crippen MR) is 113 cm³/mol. The summed E-state index contributed by atoms with van der Waals surface area (Å²) in [4.78, 5) is 0.318. The molecule has 0 radical (unpaired) electrons. The topological polar surface area (TPSA) is 95.8 Å². The molecule has 1 aliphatic rings. The van der Waals surface area contributed by atoms with Crippen LogP contribution in [0.5, 0.6) is 0 Å². The standard InChI is InChI=1S/C19H21Cl2FN4O2S/c1-10-12(7-11(23)9-18(22)4-5-18)17(21)26-16(10)13(8-15(20)25-26)24-19(27,28)14-3-2-6-29-14/h2-3,6,8,11,24,27-28H,4-5,7,9,23H2,1H3. The summed E-state index contributed by atoms with van der Waals surface area (Å²) in [7, 11) is 0. The van der Waals surface area contributed by atoms with Crippen molar-refractivity contribution < 1.29 is 14.6 Å². The van der Waals surface area contributed by atoms with Crippen LogP contribution in [-0.4, -0.2) is 31.5 Å². The normalized spacial score (nSPS) is 16.9. The lowest BCUT2D eigenvalue weighted by molar-refractivity contribution is -0.140. The number of nitrogens with one attached hydrogen (secondary N) is 1. The number of hydrogen-bond acceptors (Lipinski definition) is 6. The molecule has 0 aromatic carbocycles. The Morgan fingerprint density at radius 3 is 2.79 bits per heavy atom. The maximum Gasteiger partial charge on any atom is 0.282 e. The molecule has 1 unspecified atom stereocenters. The Labute approximate surface area is 181 Å². The Hall–Kier alpha value is -1.42. The molecule has 1 fully saturated rings. The van der Waals surface area contributed by atoms with Gasteiger partial charge in [-0.3, -0.25) is 0 Å². The minimum atomic E-state index is -2.30. The second kappa shape index (κ2) is 7.37. The van der Waals surface area contributed by atoms with Crippen molar-refractivity contribution in [3.8, 4) is 0 Å². The van der Waals surface area contributed by atoms with Crippen LogP contribution in [0.15, 0.2) is 23.6 Å². The van der Waals surface area contributed by atoms with E-state index >= 15 is 0 Å². The molecule has 4 rings (SSSR count). The Morgan fingerprint density at radius 1 is 1.45 bits per heavy atom. The van der Waals surface area contributed by atoms with Gasteiger partial charge in [-0.15, -0.1) is 11.3 Å². The summed E-state index contributed by atoms with van der Waals surface area (Å²) in [6, 6.07) is 4.43. The number of alkyl halides is 1. The minimum absolute atomic E-state index is 0.121. The van der Waals surface area contributed by atoms with Gasteiger partial charge in [-0.05, 0) is 55.2 Å². The van der Waals surface area contributed by atoms with Gasteiger partial charge in [0.25, 0.3) is 5.91 Å². The van der Waals surface area contributed by atoms with E-state index < -0.39 is 11.6 Å². The number of aromatic nitrogens is 2. The fraction of sp³-hybridized carbons (Fsp3) is 0.421. The Balaban J connectivity index is 1.72. The molecule has 156 valence electrons. The van der Waals surface area contributed by atoms with E-state index in [9.17, 15) is 14.6 Å². The Kier molecular flexibility index (Phi) is 5.30. The van der Waals surface area contributed by atoms with Crippen LogP contribution in [0.4, 0.5) is 10.1 Å². The maximum absolute atomic E-state index is 14.1. The first-order valence-corrected chi connectivity index (χ1v) is 10.8. The third-order valence-corrected chi connectivity index (χ3v) is 6.77. The molecule has 3 aromatic heterocycles. The van der Waals surface area contributed by atoms with Gasteiger partial charge in [-0.25, -0.2) is 8.91 Å². The quantitative estimate of drug-likeness (QED) is 0.401. The molecule has 3 aromatic rings. The van der Waals surface area contributed by atoms with Gasteiger partial charge in [-0.2, -0.15) is 5.10 Å². The average Bonchev–Trinajstić information content (AvgIpc) is 3.05. The van der Waals surface area contributed by atoms with Crippen LogP contribution in [0.3, 0.4) is 0 Å². The molecule has 0 spiro atoms. The monoisotopic (exact) mass is 458 g/mol. The number of thiophene rings is 1. The lowest BCUT2D eigenvalue weighted by Gasteiger charge is -2.23. The molecule has 5 N–H and O–H groups in total. The summed E-state index contributed by atoms with van der Waals surface area (Å²) in [5.41, 5.74) is 7.43. The van der Waals surface area contributed by atoms with E-state index in [2.05, 4.69) is 10.4 Å². The molecule has 10 heteroatoms. The van der Waals surface area contributed by atoms with Crippen LogP contribution in [0, 0.1) is 6.92 Å². The molecule has 1 aliphatic carbocycles. The van der Waals surface area contributed by atoms with Crippen LogP contribution < -0.4 is 11.1 Å². The highest BCUT2D eigenvalue weighted by Gasteiger charge is 2.44. The van der Waals surface area contributed by atoms with E-state index in [1.807, 2.05) is 6.92 Å². The van der Waals surface area contributed by atoms with Crippen LogP contribution in [0.25, 0.3) is 5.52 Å². The molecule has 0 bridgehead atoms. The first-order valence-electron chi connectivity index (χ1n) is 9.17. The second-order valence-corrected chi connectivity index (χ2v) is 9.32. The fourth-order valence-electron chi connectivity index (χ4n) is 3.61.